The molecule has 0 aromatic heterocycles. The van der Waals surface area contributed by atoms with E-state index in [0.29, 0.717) is 12.1 Å². The van der Waals surface area contributed by atoms with Gasteiger partial charge >= 0.3 is 12.1 Å². The molecule has 1 aromatic rings. The fourth-order valence-corrected chi connectivity index (χ4v) is 1.71. The van der Waals surface area contributed by atoms with Crippen molar-refractivity contribution in [3.8, 4) is 0 Å². The van der Waals surface area contributed by atoms with Crippen molar-refractivity contribution in [3.05, 3.63) is 29.8 Å². The molecule has 0 spiro atoms. The number of rotatable bonds is 5. The smallest absolute Gasteiger partial charge is 0.416 e. The summed E-state index contributed by atoms with van der Waals surface area (Å²) in [6.45, 7) is 3.49. The summed E-state index contributed by atoms with van der Waals surface area (Å²) in [6.07, 6.45) is -3.68. The van der Waals surface area contributed by atoms with Crippen molar-refractivity contribution in [1.29, 1.82) is 0 Å². The summed E-state index contributed by atoms with van der Waals surface area (Å²) >= 11 is 0. The fraction of sp³-hybridized carbons (Fsp3) is 0.462. The van der Waals surface area contributed by atoms with Crippen LogP contribution in [-0.4, -0.2) is 23.7 Å². The Hall–Kier alpha value is -1.72. The molecule has 106 valence electrons. The highest BCUT2D eigenvalue weighted by molar-refractivity contribution is 5.74. The third kappa shape index (κ3) is 4.15. The lowest BCUT2D eigenvalue weighted by molar-refractivity contribution is -0.138. The summed E-state index contributed by atoms with van der Waals surface area (Å²) in [5.41, 5.74) is -0.263. The van der Waals surface area contributed by atoms with Gasteiger partial charge in [0.05, 0.1) is 5.56 Å². The first-order valence-electron chi connectivity index (χ1n) is 5.91. The van der Waals surface area contributed by atoms with Crippen LogP contribution in [0, 0.1) is 0 Å². The Morgan fingerprint density at radius 1 is 1.32 bits per heavy atom. The number of anilines is 1. The van der Waals surface area contributed by atoms with E-state index >= 15 is 0 Å². The molecule has 0 heterocycles. The van der Waals surface area contributed by atoms with E-state index in [-0.39, 0.29) is 12.6 Å². The van der Waals surface area contributed by atoms with Crippen LogP contribution in [0.2, 0.25) is 0 Å². The Bertz CT molecular complexity index is 429. The van der Waals surface area contributed by atoms with Gasteiger partial charge in [0, 0.05) is 11.7 Å². The van der Waals surface area contributed by atoms with E-state index in [9.17, 15) is 18.0 Å². The number of halogens is 3. The molecular weight excluding hydrogens is 259 g/mol. The van der Waals surface area contributed by atoms with Gasteiger partial charge in [-0.05, 0) is 37.6 Å². The monoisotopic (exact) mass is 275 g/mol. The van der Waals surface area contributed by atoms with E-state index in [1.807, 2.05) is 13.8 Å². The lowest BCUT2D eigenvalue weighted by Crippen LogP contribution is -2.37. The average Bonchev–Trinajstić information content (AvgIpc) is 2.34. The van der Waals surface area contributed by atoms with E-state index in [0.717, 1.165) is 12.1 Å². The molecule has 0 radical (unpaired) electrons. The predicted molar refractivity (Wildman–Crippen MR) is 66.2 cm³/mol. The summed E-state index contributed by atoms with van der Waals surface area (Å²) in [4.78, 5) is 12.4. The largest absolute Gasteiger partial charge is 0.480 e. The number of carboxylic acids is 1. The molecule has 0 aliphatic carbocycles. The van der Waals surface area contributed by atoms with Crippen LogP contribution in [0.5, 0.6) is 0 Å². The fourth-order valence-electron chi connectivity index (χ4n) is 1.71. The minimum absolute atomic E-state index is 0.0622. The Balaban J connectivity index is 3.00. The number of nitrogens with zero attached hydrogens (tertiary/aromatic N) is 1. The molecule has 1 atom stereocenters. The number of hydrogen-bond donors (Lipinski definition) is 1. The van der Waals surface area contributed by atoms with Crippen molar-refractivity contribution in [2.24, 2.45) is 0 Å². The Labute approximate surface area is 109 Å². The van der Waals surface area contributed by atoms with Crippen molar-refractivity contribution in [3.63, 3.8) is 0 Å². The molecule has 1 rings (SSSR count). The van der Waals surface area contributed by atoms with Crippen LogP contribution in [0.3, 0.4) is 0 Å². The third-order valence-corrected chi connectivity index (χ3v) is 2.95. The maximum Gasteiger partial charge on any atom is 0.416 e. The highest BCUT2D eigenvalue weighted by Crippen LogP contribution is 2.31. The van der Waals surface area contributed by atoms with Gasteiger partial charge in [0.25, 0.3) is 0 Å². The standard InChI is InChI=1S/C13H16F3NO2/c1-3-9(2)17(8-12(18)19)11-6-4-10(5-7-11)13(14,15)16/h4-7,9H,3,8H2,1-2H3,(H,18,19). The quantitative estimate of drug-likeness (QED) is 0.895. The van der Waals surface area contributed by atoms with E-state index in [1.54, 1.807) is 4.90 Å². The molecule has 19 heavy (non-hydrogen) atoms. The zero-order chi connectivity index (χ0) is 14.6. The number of benzene rings is 1. The number of carboxylic acid groups (broad SMARTS) is 1. The van der Waals surface area contributed by atoms with E-state index in [4.69, 9.17) is 5.11 Å². The maximum atomic E-state index is 12.4. The maximum absolute atomic E-state index is 12.4. The second-order valence-corrected chi connectivity index (χ2v) is 4.32. The van der Waals surface area contributed by atoms with Crippen LogP contribution >= 0.6 is 0 Å². The van der Waals surface area contributed by atoms with E-state index in [1.165, 1.54) is 12.1 Å². The average molecular weight is 275 g/mol. The molecule has 0 saturated heterocycles. The SMILES string of the molecule is CCC(C)N(CC(=O)O)c1ccc(C(F)(F)F)cc1. The van der Waals surface area contributed by atoms with Crippen LogP contribution in [0.4, 0.5) is 18.9 Å². The van der Waals surface area contributed by atoms with E-state index in [2.05, 4.69) is 0 Å². The molecule has 1 aromatic carbocycles. The lowest BCUT2D eigenvalue weighted by atomic mass is 10.1. The molecule has 0 saturated carbocycles. The molecule has 0 aliphatic rings. The van der Waals surface area contributed by atoms with E-state index < -0.39 is 17.7 Å². The molecule has 0 fully saturated rings. The molecule has 0 bridgehead atoms. The first-order valence-corrected chi connectivity index (χ1v) is 5.91. The van der Waals surface area contributed by atoms with Crippen LogP contribution < -0.4 is 4.90 Å². The van der Waals surface area contributed by atoms with Crippen molar-refractivity contribution in [2.75, 3.05) is 11.4 Å². The van der Waals surface area contributed by atoms with Gasteiger partial charge in [0.15, 0.2) is 0 Å². The zero-order valence-electron chi connectivity index (χ0n) is 10.7. The lowest BCUT2D eigenvalue weighted by Gasteiger charge is -2.29. The zero-order valence-corrected chi connectivity index (χ0v) is 10.7. The molecular formula is C13H16F3NO2. The number of hydrogen-bond acceptors (Lipinski definition) is 2. The van der Waals surface area contributed by atoms with Crippen LogP contribution in [0.25, 0.3) is 0 Å². The van der Waals surface area contributed by atoms with Crippen molar-refractivity contribution < 1.29 is 23.1 Å². The van der Waals surface area contributed by atoms with Gasteiger partial charge < -0.3 is 10.0 Å². The Morgan fingerprint density at radius 3 is 2.21 bits per heavy atom. The van der Waals surface area contributed by atoms with Crippen LogP contribution in [0.15, 0.2) is 24.3 Å². The molecule has 1 N–H and O–H groups in total. The third-order valence-electron chi connectivity index (χ3n) is 2.95. The number of aliphatic carboxylic acids is 1. The minimum Gasteiger partial charge on any atom is -0.480 e. The van der Waals surface area contributed by atoms with Gasteiger partial charge in [-0.15, -0.1) is 0 Å². The number of carbonyl (C=O) groups is 1. The van der Waals surface area contributed by atoms with Gasteiger partial charge in [0.2, 0.25) is 0 Å². The van der Waals surface area contributed by atoms with Crippen LogP contribution in [0.1, 0.15) is 25.8 Å². The summed E-state index contributed by atoms with van der Waals surface area (Å²) < 4.78 is 37.3. The summed E-state index contributed by atoms with van der Waals surface area (Å²) in [5, 5.41) is 8.85. The first-order chi connectivity index (χ1) is 8.75. The van der Waals surface area contributed by atoms with Crippen molar-refractivity contribution in [1.82, 2.24) is 0 Å². The second kappa shape index (κ2) is 5.95. The Kier molecular flexibility index (Phi) is 4.80. The first kappa shape index (κ1) is 15.3. The molecule has 1 unspecified atom stereocenters. The van der Waals surface area contributed by atoms with Gasteiger partial charge in [-0.25, -0.2) is 0 Å². The second-order valence-electron chi connectivity index (χ2n) is 4.32. The highest BCUT2D eigenvalue weighted by atomic mass is 19.4. The molecule has 3 nitrogen and oxygen atoms in total. The van der Waals surface area contributed by atoms with Gasteiger partial charge in [-0.3, -0.25) is 4.79 Å². The molecule has 0 amide bonds. The highest BCUT2D eigenvalue weighted by Gasteiger charge is 2.30. The number of alkyl halides is 3. The van der Waals surface area contributed by atoms with Crippen molar-refractivity contribution in [2.45, 2.75) is 32.5 Å². The molecule has 6 heteroatoms. The van der Waals surface area contributed by atoms with Gasteiger partial charge in [0.1, 0.15) is 6.54 Å². The summed E-state index contributed by atoms with van der Waals surface area (Å²) in [7, 11) is 0. The van der Waals surface area contributed by atoms with Gasteiger partial charge in [-0.2, -0.15) is 13.2 Å². The van der Waals surface area contributed by atoms with Gasteiger partial charge in [-0.1, -0.05) is 6.92 Å². The summed E-state index contributed by atoms with van der Waals surface area (Å²) in [6, 6.07) is 4.47. The normalized spacial score (nSPS) is 13.1. The van der Waals surface area contributed by atoms with Crippen molar-refractivity contribution >= 4 is 11.7 Å². The molecule has 0 aliphatic heterocycles. The minimum atomic E-state index is -4.38. The Morgan fingerprint density at radius 2 is 1.84 bits per heavy atom. The summed E-state index contributed by atoms with van der Waals surface area (Å²) in [5.74, 6) is -1.01. The predicted octanol–water partition coefficient (Wildman–Crippen LogP) is 3.39. The van der Waals surface area contributed by atoms with Crippen LogP contribution in [-0.2, 0) is 11.0 Å². The topological polar surface area (TPSA) is 40.5 Å².